The van der Waals surface area contributed by atoms with Gasteiger partial charge in [0.15, 0.2) is 0 Å². The monoisotopic (exact) mass is 168 g/mol. The molecule has 0 aliphatic heterocycles. The van der Waals surface area contributed by atoms with Gasteiger partial charge < -0.3 is 4.79 Å². The molecule has 1 heteroatoms. The van der Waals surface area contributed by atoms with Crippen LogP contribution < -0.4 is 0 Å². The molecule has 1 fully saturated rings. The molecule has 0 spiro atoms. The molecule has 0 N–H and O–H groups in total. The summed E-state index contributed by atoms with van der Waals surface area (Å²) < 4.78 is 0. The van der Waals surface area contributed by atoms with Crippen molar-refractivity contribution < 1.29 is 4.79 Å². The smallest absolute Gasteiger partial charge is 0.123 e. The van der Waals surface area contributed by atoms with E-state index < -0.39 is 0 Å². The molecule has 0 bridgehead atoms. The minimum Gasteiger partial charge on any atom is -0.303 e. The lowest BCUT2D eigenvalue weighted by Gasteiger charge is -2.26. The van der Waals surface area contributed by atoms with Crippen molar-refractivity contribution in [2.75, 3.05) is 0 Å². The summed E-state index contributed by atoms with van der Waals surface area (Å²) in [5, 5.41) is 0. The SMILES string of the molecule is CC(C)C[C@H]1CC[C@@H](C=O)CC1. The lowest BCUT2D eigenvalue weighted by atomic mass is 9.79. The van der Waals surface area contributed by atoms with Crippen molar-refractivity contribution in [3.05, 3.63) is 0 Å². The number of carbonyl (C=O) groups is 1. The Hall–Kier alpha value is -0.330. The molecule has 1 saturated carbocycles. The molecule has 0 heterocycles. The molecule has 0 atom stereocenters. The third kappa shape index (κ3) is 2.96. The minimum absolute atomic E-state index is 0.383. The molecule has 1 rings (SSSR count). The molecular weight excluding hydrogens is 148 g/mol. The molecular formula is C11H20O. The Labute approximate surface area is 75.5 Å². The van der Waals surface area contributed by atoms with E-state index in [2.05, 4.69) is 13.8 Å². The zero-order valence-corrected chi connectivity index (χ0v) is 8.25. The van der Waals surface area contributed by atoms with Crippen LogP contribution in [-0.2, 0) is 4.79 Å². The predicted molar refractivity (Wildman–Crippen MR) is 51.0 cm³/mol. The average Bonchev–Trinajstić information content (AvgIpc) is 2.05. The fourth-order valence-electron chi connectivity index (χ4n) is 2.23. The highest BCUT2D eigenvalue weighted by Crippen LogP contribution is 2.31. The Morgan fingerprint density at radius 3 is 2.25 bits per heavy atom. The third-order valence-electron chi connectivity index (χ3n) is 2.89. The zero-order chi connectivity index (χ0) is 8.97. The number of aldehydes is 1. The van der Waals surface area contributed by atoms with Crippen LogP contribution in [0.15, 0.2) is 0 Å². The van der Waals surface area contributed by atoms with Gasteiger partial charge in [0.2, 0.25) is 0 Å². The fourth-order valence-corrected chi connectivity index (χ4v) is 2.23. The second-order valence-electron chi connectivity index (χ2n) is 4.55. The largest absolute Gasteiger partial charge is 0.303 e. The highest BCUT2D eigenvalue weighted by atomic mass is 16.1. The summed E-state index contributed by atoms with van der Waals surface area (Å²) in [7, 11) is 0. The van der Waals surface area contributed by atoms with Gasteiger partial charge in [-0.15, -0.1) is 0 Å². The van der Waals surface area contributed by atoms with E-state index in [-0.39, 0.29) is 0 Å². The molecule has 1 aliphatic carbocycles. The van der Waals surface area contributed by atoms with Gasteiger partial charge in [0, 0.05) is 5.92 Å². The van der Waals surface area contributed by atoms with Crippen molar-refractivity contribution >= 4 is 6.29 Å². The van der Waals surface area contributed by atoms with Crippen molar-refractivity contribution in [1.29, 1.82) is 0 Å². The molecule has 70 valence electrons. The molecule has 0 aromatic rings. The van der Waals surface area contributed by atoms with Gasteiger partial charge in [-0.2, -0.15) is 0 Å². The third-order valence-corrected chi connectivity index (χ3v) is 2.89. The van der Waals surface area contributed by atoms with Gasteiger partial charge in [0.05, 0.1) is 0 Å². The topological polar surface area (TPSA) is 17.1 Å². The Bertz CT molecular complexity index is 132. The van der Waals surface area contributed by atoms with Crippen LogP contribution in [0.3, 0.4) is 0 Å². The van der Waals surface area contributed by atoms with Gasteiger partial charge >= 0.3 is 0 Å². The van der Waals surface area contributed by atoms with Crippen LogP contribution in [-0.4, -0.2) is 6.29 Å². The molecule has 0 aromatic carbocycles. The molecule has 0 unspecified atom stereocenters. The van der Waals surface area contributed by atoms with Crippen LogP contribution in [0.5, 0.6) is 0 Å². The average molecular weight is 168 g/mol. The first kappa shape index (κ1) is 9.76. The van der Waals surface area contributed by atoms with Crippen molar-refractivity contribution in [2.24, 2.45) is 17.8 Å². The van der Waals surface area contributed by atoms with Gasteiger partial charge in [-0.1, -0.05) is 13.8 Å². The molecule has 0 aromatic heterocycles. The maximum Gasteiger partial charge on any atom is 0.123 e. The van der Waals surface area contributed by atoms with E-state index >= 15 is 0 Å². The Kier molecular flexibility index (Phi) is 3.77. The first-order chi connectivity index (χ1) is 5.72. The zero-order valence-electron chi connectivity index (χ0n) is 8.25. The van der Waals surface area contributed by atoms with Crippen molar-refractivity contribution in [3.63, 3.8) is 0 Å². The Morgan fingerprint density at radius 1 is 1.25 bits per heavy atom. The van der Waals surface area contributed by atoms with E-state index in [0.717, 1.165) is 31.0 Å². The van der Waals surface area contributed by atoms with Gasteiger partial charge in [-0.25, -0.2) is 0 Å². The molecule has 1 nitrogen and oxygen atoms in total. The summed E-state index contributed by atoms with van der Waals surface area (Å²) in [4.78, 5) is 10.5. The second kappa shape index (κ2) is 4.64. The standard InChI is InChI=1S/C11H20O/c1-9(2)7-10-3-5-11(8-12)6-4-10/h8-11H,3-7H2,1-2H3/t10-,11+. The van der Waals surface area contributed by atoms with Crippen molar-refractivity contribution in [3.8, 4) is 0 Å². The molecule has 0 saturated heterocycles. The maximum atomic E-state index is 10.5. The molecule has 0 amide bonds. The highest BCUT2D eigenvalue weighted by Gasteiger charge is 2.20. The summed E-state index contributed by atoms with van der Waals surface area (Å²) in [6.45, 7) is 4.57. The normalized spacial score (nSPS) is 30.6. The van der Waals surface area contributed by atoms with E-state index in [1.165, 1.54) is 19.3 Å². The summed E-state index contributed by atoms with van der Waals surface area (Å²) in [5.41, 5.74) is 0. The van der Waals surface area contributed by atoms with E-state index in [0.29, 0.717) is 5.92 Å². The first-order valence-electron chi connectivity index (χ1n) is 5.17. The highest BCUT2D eigenvalue weighted by molar-refractivity contribution is 5.53. The lowest BCUT2D eigenvalue weighted by Crippen LogP contribution is -2.16. The van der Waals surface area contributed by atoms with Crippen molar-refractivity contribution in [1.82, 2.24) is 0 Å². The van der Waals surface area contributed by atoms with Gasteiger partial charge in [-0.05, 0) is 43.9 Å². The van der Waals surface area contributed by atoms with Crippen LogP contribution in [0.4, 0.5) is 0 Å². The van der Waals surface area contributed by atoms with Gasteiger partial charge in [-0.3, -0.25) is 0 Å². The number of carbonyl (C=O) groups excluding carboxylic acids is 1. The van der Waals surface area contributed by atoms with Crippen LogP contribution >= 0.6 is 0 Å². The van der Waals surface area contributed by atoms with Crippen LogP contribution in [0.25, 0.3) is 0 Å². The minimum atomic E-state index is 0.383. The maximum absolute atomic E-state index is 10.5. The van der Waals surface area contributed by atoms with E-state index in [1.807, 2.05) is 0 Å². The number of hydrogen-bond donors (Lipinski definition) is 0. The Balaban J connectivity index is 2.21. The van der Waals surface area contributed by atoms with E-state index in [9.17, 15) is 4.79 Å². The molecule has 0 radical (unpaired) electrons. The quantitative estimate of drug-likeness (QED) is 0.592. The molecule has 12 heavy (non-hydrogen) atoms. The predicted octanol–water partition coefficient (Wildman–Crippen LogP) is 3.04. The summed E-state index contributed by atoms with van der Waals surface area (Å²) in [6, 6.07) is 0. The summed E-state index contributed by atoms with van der Waals surface area (Å²) in [5.74, 6) is 2.11. The summed E-state index contributed by atoms with van der Waals surface area (Å²) in [6.07, 6.45) is 7.34. The lowest BCUT2D eigenvalue weighted by molar-refractivity contribution is -0.112. The number of hydrogen-bond acceptors (Lipinski definition) is 1. The van der Waals surface area contributed by atoms with Gasteiger partial charge in [0.25, 0.3) is 0 Å². The van der Waals surface area contributed by atoms with Crippen LogP contribution in [0.2, 0.25) is 0 Å². The molecule has 1 aliphatic rings. The second-order valence-corrected chi connectivity index (χ2v) is 4.55. The first-order valence-corrected chi connectivity index (χ1v) is 5.17. The number of rotatable bonds is 3. The summed E-state index contributed by atoms with van der Waals surface area (Å²) >= 11 is 0. The Morgan fingerprint density at radius 2 is 1.83 bits per heavy atom. The fraction of sp³-hybridized carbons (Fsp3) is 0.909. The van der Waals surface area contributed by atoms with Crippen LogP contribution in [0.1, 0.15) is 46.0 Å². The van der Waals surface area contributed by atoms with Gasteiger partial charge in [0.1, 0.15) is 6.29 Å². The van der Waals surface area contributed by atoms with E-state index in [1.54, 1.807) is 0 Å². The van der Waals surface area contributed by atoms with E-state index in [4.69, 9.17) is 0 Å². The van der Waals surface area contributed by atoms with Crippen LogP contribution in [0, 0.1) is 17.8 Å². The van der Waals surface area contributed by atoms with Crippen molar-refractivity contribution in [2.45, 2.75) is 46.0 Å².